The number of nitrogens with one attached hydrogen (secondary N) is 1. The van der Waals surface area contributed by atoms with E-state index in [1.807, 2.05) is 0 Å². The fourth-order valence-electron chi connectivity index (χ4n) is 1.69. The fraction of sp³-hybridized carbons (Fsp3) is 0.0769. The van der Waals surface area contributed by atoms with Crippen molar-refractivity contribution in [2.75, 3.05) is 10.5 Å². The van der Waals surface area contributed by atoms with Gasteiger partial charge in [-0.15, -0.1) is 0 Å². The molecule has 0 aromatic heterocycles. The van der Waals surface area contributed by atoms with Gasteiger partial charge < -0.3 is 5.73 Å². The molecule has 0 radical (unpaired) electrons. The zero-order valence-corrected chi connectivity index (χ0v) is 13.7. The quantitative estimate of drug-likeness (QED) is 0.802. The summed E-state index contributed by atoms with van der Waals surface area (Å²) in [5.74, 6) is 0. The summed E-state index contributed by atoms with van der Waals surface area (Å²) in [5, 5.41) is 0.338. The Morgan fingerprint density at radius 1 is 1.20 bits per heavy atom. The lowest BCUT2D eigenvalue weighted by molar-refractivity contribution is 0.600. The highest BCUT2D eigenvalue weighted by atomic mass is 79.9. The predicted molar refractivity (Wildman–Crippen MR) is 85.6 cm³/mol. The van der Waals surface area contributed by atoms with Crippen molar-refractivity contribution in [1.82, 2.24) is 0 Å². The van der Waals surface area contributed by atoms with Gasteiger partial charge >= 0.3 is 0 Å². The largest absolute Gasteiger partial charge is 0.397 e. The van der Waals surface area contributed by atoms with Gasteiger partial charge in [0.15, 0.2) is 0 Å². The minimum atomic E-state index is -3.70. The third kappa shape index (κ3) is 3.26. The highest BCUT2D eigenvalue weighted by molar-refractivity contribution is 9.10. The highest BCUT2D eigenvalue weighted by Crippen LogP contribution is 2.27. The Kier molecular flexibility index (Phi) is 4.27. The molecule has 0 saturated carbocycles. The molecule has 0 heterocycles. The maximum Gasteiger partial charge on any atom is 0.262 e. The van der Waals surface area contributed by atoms with Gasteiger partial charge in [-0.1, -0.05) is 27.5 Å². The van der Waals surface area contributed by atoms with Gasteiger partial charge in [0, 0.05) is 10.2 Å². The maximum atomic E-state index is 12.3. The van der Waals surface area contributed by atoms with Crippen molar-refractivity contribution >= 4 is 48.9 Å². The first-order chi connectivity index (χ1) is 9.29. The Morgan fingerprint density at radius 2 is 1.80 bits per heavy atom. The molecule has 0 aliphatic heterocycles. The average molecular weight is 376 g/mol. The molecule has 0 aliphatic rings. The van der Waals surface area contributed by atoms with Crippen molar-refractivity contribution in [3.63, 3.8) is 0 Å². The smallest absolute Gasteiger partial charge is 0.262 e. The zero-order valence-electron chi connectivity index (χ0n) is 10.5. The van der Waals surface area contributed by atoms with Gasteiger partial charge in [-0.3, -0.25) is 4.72 Å². The number of halogens is 2. The summed E-state index contributed by atoms with van der Waals surface area (Å²) < 4.78 is 28.1. The van der Waals surface area contributed by atoms with Crippen LogP contribution in [0.15, 0.2) is 45.8 Å². The van der Waals surface area contributed by atoms with Gasteiger partial charge in [0.05, 0.1) is 15.6 Å². The summed E-state index contributed by atoms with van der Waals surface area (Å²) >= 11 is 9.16. The van der Waals surface area contributed by atoms with Gasteiger partial charge in [-0.2, -0.15) is 0 Å². The zero-order chi connectivity index (χ0) is 14.9. The minimum absolute atomic E-state index is 0.113. The molecule has 106 valence electrons. The number of anilines is 2. The normalized spacial score (nSPS) is 11.3. The third-order valence-corrected chi connectivity index (χ3v) is 5.06. The van der Waals surface area contributed by atoms with Gasteiger partial charge in [-0.05, 0) is 48.9 Å². The molecule has 3 N–H and O–H groups in total. The fourth-order valence-corrected chi connectivity index (χ4v) is 3.49. The third-order valence-electron chi connectivity index (χ3n) is 2.68. The first-order valence-electron chi connectivity index (χ1n) is 5.63. The second-order valence-electron chi connectivity index (χ2n) is 4.25. The number of hydrogen-bond acceptors (Lipinski definition) is 3. The Balaban J connectivity index is 2.40. The summed E-state index contributed by atoms with van der Waals surface area (Å²) in [7, 11) is -3.70. The second kappa shape index (κ2) is 5.63. The molecule has 0 unspecified atom stereocenters. The van der Waals surface area contributed by atoms with Crippen molar-refractivity contribution in [3.05, 3.63) is 51.5 Å². The van der Waals surface area contributed by atoms with E-state index < -0.39 is 10.0 Å². The van der Waals surface area contributed by atoms with Crippen molar-refractivity contribution in [3.8, 4) is 0 Å². The van der Waals surface area contributed by atoms with Gasteiger partial charge in [0.1, 0.15) is 0 Å². The summed E-state index contributed by atoms with van der Waals surface area (Å²) in [6, 6.07) is 9.72. The molecule has 0 amide bonds. The van der Waals surface area contributed by atoms with E-state index in [1.54, 1.807) is 31.2 Å². The molecule has 2 aromatic rings. The van der Waals surface area contributed by atoms with E-state index in [0.29, 0.717) is 16.3 Å². The van der Waals surface area contributed by atoms with Gasteiger partial charge in [0.25, 0.3) is 10.0 Å². The van der Waals surface area contributed by atoms with E-state index in [2.05, 4.69) is 20.7 Å². The maximum absolute atomic E-state index is 12.3. The summed E-state index contributed by atoms with van der Waals surface area (Å²) in [6.07, 6.45) is 0. The Morgan fingerprint density at radius 3 is 2.40 bits per heavy atom. The minimum Gasteiger partial charge on any atom is -0.397 e. The molecule has 0 spiro atoms. The van der Waals surface area contributed by atoms with Crippen LogP contribution in [0.2, 0.25) is 5.02 Å². The van der Waals surface area contributed by atoms with Crippen LogP contribution in [0.3, 0.4) is 0 Å². The van der Waals surface area contributed by atoms with Crippen LogP contribution in [0, 0.1) is 6.92 Å². The highest BCUT2D eigenvalue weighted by Gasteiger charge is 2.18. The van der Waals surface area contributed by atoms with Crippen molar-refractivity contribution in [2.24, 2.45) is 0 Å². The SMILES string of the molecule is Cc1cc(Cl)c(N)cc1S(=O)(=O)Nc1ccc(Br)cc1. The number of nitrogens with two attached hydrogens (primary N) is 1. The number of nitrogen functional groups attached to an aromatic ring is 1. The monoisotopic (exact) mass is 374 g/mol. The summed E-state index contributed by atoms with van der Waals surface area (Å²) in [6.45, 7) is 1.67. The first kappa shape index (κ1) is 15.2. The van der Waals surface area contributed by atoms with Crippen LogP contribution in [-0.2, 0) is 10.0 Å². The molecule has 0 atom stereocenters. The van der Waals surface area contributed by atoms with Crippen molar-refractivity contribution in [2.45, 2.75) is 11.8 Å². The Bertz CT molecular complexity index is 746. The van der Waals surface area contributed by atoms with Gasteiger partial charge in [0.2, 0.25) is 0 Å². The summed E-state index contributed by atoms with van der Waals surface area (Å²) in [5.41, 5.74) is 6.91. The lowest BCUT2D eigenvalue weighted by Gasteiger charge is -2.12. The van der Waals surface area contributed by atoms with E-state index in [1.165, 1.54) is 12.1 Å². The van der Waals surface area contributed by atoms with Crippen LogP contribution in [-0.4, -0.2) is 8.42 Å². The van der Waals surface area contributed by atoms with Crippen molar-refractivity contribution in [1.29, 1.82) is 0 Å². The Labute approximate surface area is 131 Å². The first-order valence-corrected chi connectivity index (χ1v) is 8.29. The van der Waals surface area contributed by atoms with E-state index in [4.69, 9.17) is 17.3 Å². The van der Waals surface area contributed by atoms with Crippen LogP contribution < -0.4 is 10.5 Å². The Hall–Kier alpha value is -1.24. The molecule has 0 fully saturated rings. The topological polar surface area (TPSA) is 72.2 Å². The second-order valence-corrected chi connectivity index (χ2v) is 7.23. The number of aryl methyl sites for hydroxylation is 1. The molecule has 2 rings (SSSR count). The van der Waals surface area contributed by atoms with Crippen molar-refractivity contribution < 1.29 is 8.42 Å². The molecular weight excluding hydrogens is 364 g/mol. The van der Waals surface area contributed by atoms with Crippen LogP contribution in [0.1, 0.15) is 5.56 Å². The average Bonchev–Trinajstić information content (AvgIpc) is 2.36. The van der Waals surface area contributed by atoms with E-state index >= 15 is 0 Å². The van der Waals surface area contributed by atoms with Crippen LogP contribution in [0.4, 0.5) is 11.4 Å². The van der Waals surface area contributed by atoms with E-state index in [-0.39, 0.29) is 10.6 Å². The standard InChI is InChI=1S/C13H12BrClN2O2S/c1-8-6-11(15)12(16)7-13(8)20(18,19)17-10-4-2-9(14)3-5-10/h2-7,17H,16H2,1H3. The van der Waals surface area contributed by atoms with Gasteiger partial charge in [-0.25, -0.2) is 8.42 Å². The van der Waals surface area contributed by atoms with Crippen LogP contribution in [0.5, 0.6) is 0 Å². The van der Waals surface area contributed by atoms with Crippen LogP contribution in [0.25, 0.3) is 0 Å². The molecule has 7 heteroatoms. The molecule has 0 bridgehead atoms. The van der Waals surface area contributed by atoms with E-state index in [0.717, 1.165) is 4.47 Å². The molecular formula is C13H12BrClN2O2S. The lowest BCUT2D eigenvalue weighted by Crippen LogP contribution is -2.14. The number of rotatable bonds is 3. The molecule has 0 aliphatic carbocycles. The molecule has 20 heavy (non-hydrogen) atoms. The number of benzene rings is 2. The molecule has 0 saturated heterocycles. The number of hydrogen-bond donors (Lipinski definition) is 2. The predicted octanol–water partition coefficient (Wildman–Crippen LogP) is 3.79. The number of sulfonamides is 1. The lowest BCUT2D eigenvalue weighted by atomic mass is 10.2. The summed E-state index contributed by atoms with van der Waals surface area (Å²) in [4.78, 5) is 0.113. The van der Waals surface area contributed by atoms with E-state index in [9.17, 15) is 8.42 Å². The van der Waals surface area contributed by atoms with Crippen LogP contribution >= 0.6 is 27.5 Å². The molecule has 4 nitrogen and oxygen atoms in total. The molecule has 2 aromatic carbocycles.